The lowest BCUT2D eigenvalue weighted by Crippen LogP contribution is -1.99. The van der Waals surface area contributed by atoms with Gasteiger partial charge in [-0.1, -0.05) is 54.1 Å². The molecule has 2 aromatic carbocycles. The highest BCUT2D eigenvalue weighted by Crippen LogP contribution is 2.24. The molecule has 0 bridgehead atoms. The molecule has 0 amide bonds. The fraction of sp³-hybridized carbons (Fsp3) is 0.111. The summed E-state index contributed by atoms with van der Waals surface area (Å²) in [6.07, 6.45) is 0. The molecule has 0 fully saturated rings. The Bertz CT molecular complexity index is 801. The molecule has 1 aromatic heterocycles. The third-order valence-corrected chi connectivity index (χ3v) is 3.58. The lowest BCUT2D eigenvalue weighted by atomic mass is 10.1. The molecule has 0 aliphatic heterocycles. The third-order valence-electron chi connectivity index (χ3n) is 3.38. The molecule has 0 spiro atoms. The Morgan fingerprint density at radius 3 is 2.45 bits per heavy atom. The van der Waals surface area contributed by atoms with E-state index >= 15 is 0 Å². The molecule has 1 heterocycles. The summed E-state index contributed by atoms with van der Waals surface area (Å²) in [4.78, 5) is 8.86. The normalized spacial score (nSPS) is 10.5. The minimum absolute atomic E-state index is 0.418. The van der Waals surface area contributed by atoms with Gasteiger partial charge in [-0.3, -0.25) is 0 Å². The number of hydrogen-bond acceptors (Lipinski definition) is 3. The van der Waals surface area contributed by atoms with E-state index in [4.69, 9.17) is 11.6 Å². The van der Waals surface area contributed by atoms with Crippen molar-refractivity contribution in [3.63, 3.8) is 0 Å². The van der Waals surface area contributed by atoms with Crippen molar-refractivity contribution in [1.82, 2.24) is 9.97 Å². The molecule has 3 aromatic rings. The molecule has 0 atom stereocenters. The lowest BCUT2D eigenvalue weighted by molar-refractivity contribution is 1.17. The summed E-state index contributed by atoms with van der Waals surface area (Å²) < 4.78 is 0. The van der Waals surface area contributed by atoms with E-state index in [0.29, 0.717) is 16.8 Å². The standard InChI is InChI=1S/C18H16ClN3/c1-12-8-9-13(2)15(10-12)20-17-11-16(19)21-18(22-17)14-6-4-3-5-7-14/h3-11H,1-2H3,(H,20,21,22). The zero-order valence-electron chi connectivity index (χ0n) is 12.5. The summed E-state index contributed by atoms with van der Waals surface area (Å²) in [5.41, 5.74) is 4.31. The topological polar surface area (TPSA) is 37.8 Å². The molecule has 0 aliphatic rings. The smallest absolute Gasteiger partial charge is 0.163 e. The Labute approximate surface area is 135 Å². The largest absolute Gasteiger partial charge is 0.340 e. The fourth-order valence-corrected chi connectivity index (χ4v) is 2.39. The Morgan fingerprint density at radius 2 is 1.68 bits per heavy atom. The van der Waals surface area contributed by atoms with Gasteiger partial charge in [-0.2, -0.15) is 0 Å². The van der Waals surface area contributed by atoms with Gasteiger partial charge in [0.05, 0.1) is 0 Å². The number of hydrogen-bond donors (Lipinski definition) is 1. The maximum atomic E-state index is 6.15. The molecule has 0 unspecified atom stereocenters. The Morgan fingerprint density at radius 1 is 0.909 bits per heavy atom. The van der Waals surface area contributed by atoms with Gasteiger partial charge in [-0.05, 0) is 31.0 Å². The predicted molar refractivity (Wildman–Crippen MR) is 91.7 cm³/mol. The second-order valence-electron chi connectivity index (χ2n) is 5.21. The number of rotatable bonds is 3. The maximum absolute atomic E-state index is 6.15. The summed E-state index contributed by atoms with van der Waals surface area (Å²) in [5, 5.41) is 3.75. The van der Waals surface area contributed by atoms with Gasteiger partial charge in [-0.15, -0.1) is 0 Å². The van der Waals surface area contributed by atoms with Crippen LogP contribution in [0.25, 0.3) is 11.4 Å². The molecule has 3 nitrogen and oxygen atoms in total. The highest BCUT2D eigenvalue weighted by atomic mass is 35.5. The van der Waals surface area contributed by atoms with Crippen LogP contribution in [0.4, 0.5) is 11.5 Å². The van der Waals surface area contributed by atoms with Crippen LogP contribution in [0.2, 0.25) is 5.15 Å². The van der Waals surface area contributed by atoms with Crippen molar-refractivity contribution < 1.29 is 0 Å². The Hall–Kier alpha value is -2.39. The molecule has 4 heteroatoms. The molecule has 110 valence electrons. The quantitative estimate of drug-likeness (QED) is 0.679. The first-order chi connectivity index (χ1) is 10.6. The monoisotopic (exact) mass is 309 g/mol. The summed E-state index contributed by atoms with van der Waals surface area (Å²) >= 11 is 6.15. The van der Waals surface area contributed by atoms with Crippen molar-refractivity contribution in [2.75, 3.05) is 5.32 Å². The van der Waals surface area contributed by atoms with E-state index in [1.807, 2.05) is 30.3 Å². The Balaban J connectivity index is 1.98. The number of nitrogens with one attached hydrogen (secondary N) is 1. The number of benzene rings is 2. The van der Waals surface area contributed by atoms with Crippen LogP contribution in [0.3, 0.4) is 0 Å². The average molecular weight is 310 g/mol. The van der Waals surface area contributed by atoms with E-state index < -0.39 is 0 Å². The highest BCUT2D eigenvalue weighted by Gasteiger charge is 2.07. The molecule has 0 saturated carbocycles. The summed E-state index contributed by atoms with van der Waals surface area (Å²) in [7, 11) is 0. The van der Waals surface area contributed by atoms with Gasteiger partial charge in [0.25, 0.3) is 0 Å². The first kappa shape index (κ1) is 14.5. The number of aryl methyl sites for hydroxylation is 2. The minimum Gasteiger partial charge on any atom is -0.340 e. The predicted octanol–water partition coefficient (Wildman–Crippen LogP) is 5.16. The van der Waals surface area contributed by atoms with E-state index in [1.54, 1.807) is 6.07 Å². The van der Waals surface area contributed by atoms with Crippen LogP contribution >= 0.6 is 11.6 Å². The number of aromatic nitrogens is 2. The van der Waals surface area contributed by atoms with Crippen LogP contribution in [0.5, 0.6) is 0 Å². The number of nitrogens with zero attached hydrogens (tertiary/aromatic N) is 2. The summed E-state index contributed by atoms with van der Waals surface area (Å²) in [5.74, 6) is 1.30. The van der Waals surface area contributed by atoms with Crippen LogP contribution in [-0.2, 0) is 0 Å². The molecule has 0 radical (unpaired) electrons. The molecular formula is C18H16ClN3. The maximum Gasteiger partial charge on any atom is 0.163 e. The molecule has 0 saturated heterocycles. The van der Waals surface area contributed by atoms with E-state index in [0.717, 1.165) is 16.8 Å². The molecule has 3 rings (SSSR count). The third kappa shape index (κ3) is 3.26. The first-order valence-electron chi connectivity index (χ1n) is 7.06. The second kappa shape index (κ2) is 6.16. The zero-order valence-corrected chi connectivity index (χ0v) is 13.2. The number of anilines is 2. The van der Waals surface area contributed by atoms with Crippen LogP contribution in [0, 0.1) is 13.8 Å². The van der Waals surface area contributed by atoms with Crippen LogP contribution < -0.4 is 5.32 Å². The number of halogens is 1. The molecular weight excluding hydrogens is 294 g/mol. The molecule has 22 heavy (non-hydrogen) atoms. The lowest BCUT2D eigenvalue weighted by Gasteiger charge is -2.11. The van der Waals surface area contributed by atoms with Crippen molar-refractivity contribution in [3.8, 4) is 11.4 Å². The van der Waals surface area contributed by atoms with Gasteiger partial charge in [0, 0.05) is 17.3 Å². The van der Waals surface area contributed by atoms with Gasteiger partial charge in [0.15, 0.2) is 5.82 Å². The van der Waals surface area contributed by atoms with Gasteiger partial charge in [0.1, 0.15) is 11.0 Å². The van der Waals surface area contributed by atoms with E-state index in [2.05, 4.69) is 47.3 Å². The van der Waals surface area contributed by atoms with Crippen LogP contribution in [0.15, 0.2) is 54.6 Å². The van der Waals surface area contributed by atoms with Crippen molar-refractivity contribution in [2.24, 2.45) is 0 Å². The van der Waals surface area contributed by atoms with Gasteiger partial charge >= 0.3 is 0 Å². The van der Waals surface area contributed by atoms with Crippen LogP contribution in [-0.4, -0.2) is 9.97 Å². The highest BCUT2D eigenvalue weighted by molar-refractivity contribution is 6.29. The summed E-state index contributed by atoms with van der Waals surface area (Å²) in [6.45, 7) is 4.12. The summed E-state index contributed by atoms with van der Waals surface area (Å²) in [6, 6.07) is 17.8. The van der Waals surface area contributed by atoms with Crippen molar-refractivity contribution in [1.29, 1.82) is 0 Å². The SMILES string of the molecule is Cc1ccc(C)c(Nc2cc(Cl)nc(-c3ccccc3)n2)c1. The van der Waals surface area contributed by atoms with Crippen molar-refractivity contribution in [2.45, 2.75) is 13.8 Å². The van der Waals surface area contributed by atoms with Gasteiger partial charge in [0.2, 0.25) is 0 Å². The van der Waals surface area contributed by atoms with Crippen LogP contribution in [0.1, 0.15) is 11.1 Å². The first-order valence-corrected chi connectivity index (χ1v) is 7.44. The second-order valence-corrected chi connectivity index (χ2v) is 5.60. The van der Waals surface area contributed by atoms with Gasteiger partial charge in [-0.25, -0.2) is 9.97 Å². The Kier molecular flexibility index (Phi) is 4.07. The molecule has 0 aliphatic carbocycles. The minimum atomic E-state index is 0.418. The molecule has 1 N–H and O–H groups in total. The fourth-order valence-electron chi connectivity index (χ4n) is 2.21. The van der Waals surface area contributed by atoms with E-state index in [-0.39, 0.29) is 0 Å². The zero-order chi connectivity index (χ0) is 15.5. The van der Waals surface area contributed by atoms with Crippen molar-refractivity contribution in [3.05, 3.63) is 70.9 Å². The average Bonchev–Trinajstić information content (AvgIpc) is 2.51. The van der Waals surface area contributed by atoms with E-state index in [1.165, 1.54) is 5.56 Å². The van der Waals surface area contributed by atoms with Gasteiger partial charge < -0.3 is 5.32 Å². The van der Waals surface area contributed by atoms with Crippen molar-refractivity contribution >= 4 is 23.1 Å². The van der Waals surface area contributed by atoms with E-state index in [9.17, 15) is 0 Å².